The number of hydrogen-bond acceptors (Lipinski definition) is 6. The molecule has 2 amide bonds. The smallest absolute Gasteiger partial charge is 0.251 e. The Kier molecular flexibility index (Phi) is 6.32. The van der Waals surface area contributed by atoms with E-state index in [0.717, 1.165) is 29.8 Å². The number of nitrogens with zero attached hydrogens (tertiary/aromatic N) is 2. The molecule has 2 unspecified atom stereocenters. The highest BCUT2D eigenvalue weighted by Crippen LogP contribution is 2.36. The first-order chi connectivity index (χ1) is 15.0. The molecule has 2 aliphatic rings. The Bertz CT molecular complexity index is 1040. The van der Waals surface area contributed by atoms with Gasteiger partial charge in [0.15, 0.2) is 0 Å². The molecule has 9 heteroatoms. The fourth-order valence-electron chi connectivity index (χ4n) is 3.74. The maximum atomic E-state index is 14.6. The van der Waals surface area contributed by atoms with Crippen LogP contribution in [-0.2, 0) is 27.2 Å². The van der Waals surface area contributed by atoms with E-state index in [1.165, 1.54) is 17.4 Å². The zero-order valence-corrected chi connectivity index (χ0v) is 17.9. The van der Waals surface area contributed by atoms with E-state index in [9.17, 15) is 19.2 Å². The Morgan fingerprint density at radius 1 is 1.48 bits per heavy atom. The minimum absolute atomic E-state index is 0.0330. The van der Waals surface area contributed by atoms with Crippen molar-refractivity contribution >= 4 is 28.8 Å². The molecule has 2 aromatic rings. The van der Waals surface area contributed by atoms with E-state index in [4.69, 9.17) is 4.74 Å². The summed E-state index contributed by atoms with van der Waals surface area (Å²) in [4.78, 5) is 27.1. The van der Waals surface area contributed by atoms with Gasteiger partial charge in [-0.15, -0.1) is 11.3 Å². The van der Waals surface area contributed by atoms with Crippen LogP contribution in [0.1, 0.15) is 16.9 Å². The first-order valence-electron chi connectivity index (χ1n) is 10.2. The molecule has 2 atom stereocenters. The van der Waals surface area contributed by atoms with Crippen molar-refractivity contribution in [1.82, 2.24) is 10.6 Å². The third-order valence-corrected chi connectivity index (χ3v) is 6.69. The van der Waals surface area contributed by atoms with Crippen LogP contribution in [0, 0.1) is 17.1 Å². The van der Waals surface area contributed by atoms with E-state index in [1.807, 2.05) is 24.3 Å². The molecule has 7 nitrogen and oxygen atoms in total. The van der Waals surface area contributed by atoms with Crippen LogP contribution in [0.15, 0.2) is 24.3 Å². The lowest BCUT2D eigenvalue weighted by Gasteiger charge is -2.17. The Balaban J connectivity index is 1.47. The zero-order chi connectivity index (χ0) is 22.0. The van der Waals surface area contributed by atoms with Crippen molar-refractivity contribution in [2.75, 3.05) is 31.6 Å². The number of nitrogens with one attached hydrogen (secondary N) is 2. The molecule has 0 radical (unpaired) electrons. The van der Waals surface area contributed by atoms with Crippen molar-refractivity contribution < 1.29 is 18.7 Å². The summed E-state index contributed by atoms with van der Waals surface area (Å²) in [5.74, 6) is -0.748. The van der Waals surface area contributed by atoms with Crippen LogP contribution in [0.3, 0.4) is 0 Å². The van der Waals surface area contributed by atoms with Gasteiger partial charge in [0.1, 0.15) is 18.0 Å². The summed E-state index contributed by atoms with van der Waals surface area (Å²) in [6, 6.07) is 8.28. The number of carbonyl (C=O) groups excluding carboxylic acids is 2. The summed E-state index contributed by atoms with van der Waals surface area (Å²) in [7, 11) is 1.73. The van der Waals surface area contributed by atoms with Gasteiger partial charge in [0.25, 0.3) is 5.91 Å². The average Bonchev–Trinajstić information content (AvgIpc) is 3.11. The normalized spacial score (nSPS) is 19.5. The largest absolute Gasteiger partial charge is 0.367 e. The van der Waals surface area contributed by atoms with Crippen LogP contribution in [0.4, 0.5) is 10.1 Å². The SMILES string of the molecule is CN1C(=O)Cc2ccc(-c3cc(F)c(CC(C#N)NC(=O)C4CNCCCO4)s3)cc21. The van der Waals surface area contributed by atoms with E-state index in [-0.39, 0.29) is 18.2 Å². The van der Waals surface area contributed by atoms with E-state index >= 15 is 0 Å². The molecule has 1 aromatic heterocycles. The quantitative estimate of drug-likeness (QED) is 0.739. The third kappa shape index (κ3) is 4.61. The van der Waals surface area contributed by atoms with Gasteiger partial charge in [-0.2, -0.15) is 5.26 Å². The summed E-state index contributed by atoms with van der Waals surface area (Å²) in [6.07, 6.45) is 0.608. The molecule has 0 bridgehead atoms. The molecule has 3 heterocycles. The second-order valence-electron chi connectivity index (χ2n) is 7.67. The molecule has 0 aliphatic carbocycles. The number of ether oxygens (including phenoxy) is 1. The highest BCUT2D eigenvalue weighted by molar-refractivity contribution is 7.15. The van der Waals surface area contributed by atoms with Gasteiger partial charge in [-0.3, -0.25) is 9.59 Å². The highest BCUT2D eigenvalue weighted by Gasteiger charge is 2.26. The zero-order valence-electron chi connectivity index (χ0n) is 17.1. The Hall–Kier alpha value is -2.80. The number of nitriles is 1. The predicted octanol–water partition coefficient (Wildman–Crippen LogP) is 2.00. The van der Waals surface area contributed by atoms with Crippen LogP contribution < -0.4 is 15.5 Å². The van der Waals surface area contributed by atoms with E-state index < -0.39 is 18.0 Å². The van der Waals surface area contributed by atoms with Crippen molar-refractivity contribution in [3.8, 4) is 16.5 Å². The van der Waals surface area contributed by atoms with Crippen molar-refractivity contribution in [2.45, 2.75) is 31.4 Å². The van der Waals surface area contributed by atoms with Gasteiger partial charge in [-0.1, -0.05) is 12.1 Å². The Morgan fingerprint density at radius 3 is 3.13 bits per heavy atom. The summed E-state index contributed by atoms with van der Waals surface area (Å²) < 4.78 is 20.2. The van der Waals surface area contributed by atoms with E-state index in [2.05, 4.69) is 10.6 Å². The molecule has 0 saturated carbocycles. The average molecular weight is 443 g/mol. The third-order valence-electron chi connectivity index (χ3n) is 5.51. The summed E-state index contributed by atoms with van der Waals surface area (Å²) in [6.45, 7) is 1.64. The molecule has 31 heavy (non-hydrogen) atoms. The summed E-state index contributed by atoms with van der Waals surface area (Å²) in [5, 5.41) is 15.3. The second kappa shape index (κ2) is 9.14. The molecule has 4 rings (SSSR count). The molecular weight excluding hydrogens is 419 g/mol. The minimum Gasteiger partial charge on any atom is -0.367 e. The maximum absolute atomic E-state index is 14.6. The van der Waals surface area contributed by atoms with E-state index in [1.54, 1.807) is 11.9 Å². The van der Waals surface area contributed by atoms with Crippen molar-refractivity contribution in [2.24, 2.45) is 0 Å². The minimum atomic E-state index is -0.857. The second-order valence-corrected chi connectivity index (χ2v) is 8.80. The van der Waals surface area contributed by atoms with Gasteiger partial charge in [-0.05, 0) is 36.2 Å². The van der Waals surface area contributed by atoms with Crippen LogP contribution >= 0.6 is 11.3 Å². The molecule has 162 valence electrons. The number of rotatable bonds is 5. The van der Waals surface area contributed by atoms with Crippen molar-refractivity contribution in [3.63, 3.8) is 0 Å². The van der Waals surface area contributed by atoms with Gasteiger partial charge in [0.05, 0.1) is 12.5 Å². The monoisotopic (exact) mass is 442 g/mol. The lowest BCUT2D eigenvalue weighted by atomic mass is 10.1. The number of carbonyl (C=O) groups is 2. The number of fused-ring (bicyclic) bond motifs is 1. The standard InChI is InChI=1S/C22H23FN4O3S/c1-27-17-7-14(4-3-13(17)8-21(27)28)19-10-16(23)20(31-19)9-15(11-24)26-22(29)18-12-25-5-2-6-30-18/h3-4,7,10,15,18,25H,2,5-6,8-9,12H2,1H3,(H,26,29). The van der Waals surface area contributed by atoms with E-state index in [0.29, 0.717) is 29.3 Å². The van der Waals surface area contributed by atoms with Crippen LogP contribution in [0.5, 0.6) is 0 Å². The summed E-state index contributed by atoms with van der Waals surface area (Å²) in [5.41, 5.74) is 2.60. The highest BCUT2D eigenvalue weighted by atomic mass is 32.1. The van der Waals surface area contributed by atoms with Crippen LogP contribution in [-0.4, -0.2) is 50.7 Å². The molecule has 1 saturated heterocycles. The summed E-state index contributed by atoms with van der Waals surface area (Å²) >= 11 is 1.25. The first-order valence-corrected chi connectivity index (χ1v) is 11.0. The van der Waals surface area contributed by atoms with Gasteiger partial charge >= 0.3 is 0 Å². The Morgan fingerprint density at radius 2 is 2.32 bits per heavy atom. The number of amides is 2. The molecular formula is C22H23FN4O3S. The van der Waals surface area contributed by atoms with Crippen molar-refractivity contribution in [3.05, 3.63) is 40.5 Å². The molecule has 2 N–H and O–H groups in total. The van der Waals surface area contributed by atoms with Gasteiger partial charge in [0, 0.05) is 42.1 Å². The maximum Gasteiger partial charge on any atom is 0.251 e. The number of halogens is 1. The number of anilines is 1. The van der Waals surface area contributed by atoms with Crippen LogP contribution in [0.25, 0.3) is 10.4 Å². The predicted molar refractivity (Wildman–Crippen MR) is 115 cm³/mol. The number of benzene rings is 1. The lowest BCUT2D eigenvalue weighted by Crippen LogP contribution is -2.46. The van der Waals surface area contributed by atoms with Gasteiger partial charge in [0.2, 0.25) is 5.91 Å². The lowest BCUT2D eigenvalue weighted by molar-refractivity contribution is -0.132. The fourth-order valence-corrected chi connectivity index (χ4v) is 4.82. The van der Waals surface area contributed by atoms with Gasteiger partial charge < -0.3 is 20.3 Å². The molecule has 0 spiro atoms. The first kappa shape index (κ1) is 21.4. The van der Waals surface area contributed by atoms with Crippen molar-refractivity contribution in [1.29, 1.82) is 5.26 Å². The molecule has 2 aliphatic heterocycles. The number of hydrogen-bond donors (Lipinski definition) is 2. The van der Waals surface area contributed by atoms with Gasteiger partial charge in [-0.25, -0.2) is 4.39 Å². The fraction of sp³-hybridized carbons (Fsp3) is 0.409. The molecule has 1 aromatic carbocycles. The topological polar surface area (TPSA) is 94.5 Å². The molecule has 1 fully saturated rings. The Labute approximate surface area is 183 Å². The number of thiophene rings is 1. The number of likely N-dealkylation sites (N-methyl/N-ethyl adjacent to an activating group) is 1. The van der Waals surface area contributed by atoms with Crippen LogP contribution in [0.2, 0.25) is 0 Å².